The Balaban J connectivity index is 1.55. The Morgan fingerprint density at radius 3 is 2.62 bits per heavy atom. The van der Waals surface area contributed by atoms with Crippen LogP contribution >= 0.6 is 0 Å². The van der Waals surface area contributed by atoms with Crippen molar-refractivity contribution in [2.75, 3.05) is 59.0 Å². The van der Waals surface area contributed by atoms with Crippen molar-refractivity contribution in [2.45, 2.75) is 19.8 Å². The number of benzene rings is 1. The van der Waals surface area contributed by atoms with E-state index in [1.165, 1.54) is 27.8 Å². The van der Waals surface area contributed by atoms with Crippen molar-refractivity contribution < 1.29 is 9.76 Å². The molecule has 1 atom stereocenters. The smallest absolute Gasteiger partial charge is 0.376 e. The van der Waals surface area contributed by atoms with E-state index in [1.54, 1.807) is 0 Å². The maximum atomic E-state index is 10.0. The lowest BCUT2D eigenvalue weighted by atomic mass is 9.84. The SMILES string of the molecule is CB(O)N1CCN(C2c3ccc(C)cc3C(CN3CCOCC3)=Cc3cccnc32)CC1. The molecule has 1 unspecified atom stereocenters. The molecule has 1 aromatic heterocycles. The summed E-state index contributed by atoms with van der Waals surface area (Å²) in [5.41, 5.74) is 7.70. The Morgan fingerprint density at radius 1 is 1.09 bits per heavy atom. The number of fused-ring (bicyclic) bond motifs is 2. The molecule has 2 fully saturated rings. The predicted octanol–water partition coefficient (Wildman–Crippen LogP) is 2.39. The highest BCUT2D eigenvalue weighted by molar-refractivity contribution is 6.45. The molecule has 2 aromatic rings. The number of ether oxygens (including phenoxy) is 1. The third-order valence-electron chi connectivity index (χ3n) is 7.05. The van der Waals surface area contributed by atoms with Gasteiger partial charge in [0.05, 0.1) is 24.9 Å². The second kappa shape index (κ2) is 9.45. The Hall–Kier alpha value is -2.03. The number of piperazine rings is 1. The number of aromatic nitrogens is 1. The topological polar surface area (TPSA) is 52.1 Å². The molecule has 5 rings (SSSR count). The summed E-state index contributed by atoms with van der Waals surface area (Å²) in [5.74, 6) is 0. The van der Waals surface area contributed by atoms with Crippen molar-refractivity contribution in [1.82, 2.24) is 19.6 Å². The van der Waals surface area contributed by atoms with E-state index in [2.05, 4.69) is 51.9 Å². The fraction of sp³-hybridized carbons (Fsp3) is 0.480. The van der Waals surface area contributed by atoms with Crippen molar-refractivity contribution in [1.29, 1.82) is 0 Å². The Labute approximate surface area is 191 Å². The van der Waals surface area contributed by atoms with Crippen molar-refractivity contribution in [2.24, 2.45) is 0 Å². The fourth-order valence-electron chi connectivity index (χ4n) is 5.25. The van der Waals surface area contributed by atoms with E-state index in [1.807, 2.05) is 19.1 Å². The van der Waals surface area contributed by atoms with E-state index in [4.69, 9.17) is 9.72 Å². The van der Waals surface area contributed by atoms with Crippen LogP contribution in [0, 0.1) is 6.92 Å². The van der Waals surface area contributed by atoms with Gasteiger partial charge < -0.3 is 14.6 Å². The van der Waals surface area contributed by atoms with Crippen LogP contribution in [-0.4, -0.2) is 90.7 Å². The van der Waals surface area contributed by atoms with Gasteiger partial charge in [0, 0.05) is 52.0 Å². The van der Waals surface area contributed by atoms with E-state index in [0.717, 1.165) is 64.7 Å². The van der Waals surface area contributed by atoms with E-state index >= 15 is 0 Å². The van der Waals surface area contributed by atoms with Gasteiger partial charge in [0.15, 0.2) is 0 Å². The van der Waals surface area contributed by atoms with Crippen LogP contribution in [0.3, 0.4) is 0 Å². The average Bonchev–Trinajstić information content (AvgIpc) is 2.94. The summed E-state index contributed by atoms with van der Waals surface area (Å²) >= 11 is 0. The largest absolute Gasteiger partial charge is 0.437 e. The molecule has 0 spiro atoms. The number of hydrogen-bond acceptors (Lipinski definition) is 6. The highest BCUT2D eigenvalue weighted by Gasteiger charge is 2.34. The molecule has 0 bridgehead atoms. The number of morpholine rings is 1. The summed E-state index contributed by atoms with van der Waals surface area (Å²) in [7, 11) is -0.395. The van der Waals surface area contributed by atoms with Crippen molar-refractivity contribution in [3.05, 3.63) is 64.5 Å². The van der Waals surface area contributed by atoms with Crippen LogP contribution in [0.15, 0.2) is 36.5 Å². The van der Waals surface area contributed by atoms with Gasteiger partial charge in [-0.3, -0.25) is 14.8 Å². The molecule has 1 N–H and O–H groups in total. The lowest BCUT2D eigenvalue weighted by molar-refractivity contribution is 0.0444. The van der Waals surface area contributed by atoms with Crippen molar-refractivity contribution >= 4 is 18.7 Å². The molecule has 168 valence electrons. The number of aryl methyl sites for hydroxylation is 1. The second-order valence-corrected chi connectivity index (χ2v) is 9.23. The molecule has 7 heteroatoms. The van der Waals surface area contributed by atoms with E-state index in [9.17, 15) is 5.02 Å². The van der Waals surface area contributed by atoms with Crippen molar-refractivity contribution in [3.8, 4) is 0 Å². The predicted molar refractivity (Wildman–Crippen MR) is 129 cm³/mol. The molecule has 1 aliphatic carbocycles. The Bertz CT molecular complexity index is 982. The first kappa shape index (κ1) is 21.8. The third-order valence-corrected chi connectivity index (χ3v) is 7.05. The Kier molecular flexibility index (Phi) is 6.44. The molecular formula is C25H33BN4O2. The highest BCUT2D eigenvalue weighted by Crippen LogP contribution is 2.40. The monoisotopic (exact) mass is 432 g/mol. The van der Waals surface area contributed by atoms with Crippen LogP contribution in [0.4, 0.5) is 0 Å². The lowest BCUT2D eigenvalue weighted by Crippen LogP contribution is -2.52. The first-order valence-corrected chi connectivity index (χ1v) is 11.8. The van der Waals surface area contributed by atoms with Gasteiger partial charge in [0.25, 0.3) is 0 Å². The number of hydrogen-bond donors (Lipinski definition) is 1. The Morgan fingerprint density at radius 2 is 1.88 bits per heavy atom. The highest BCUT2D eigenvalue weighted by atomic mass is 16.5. The van der Waals surface area contributed by atoms with Crippen LogP contribution in [0.2, 0.25) is 6.82 Å². The van der Waals surface area contributed by atoms with Crippen LogP contribution in [0.1, 0.15) is 34.0 Å². The minimum Gasteiger partial charge on any atom is -0.437 e. The fourth-order valence-corrected chi connectivity index (χ4v) is 5.25. The second-order valence-electron chi connectivity index (χ2n) is 9.23. The first-order chi connectivity index (χ1) is 15.6. The van der Waals surface area contributed by atoms with Gasteiger partial charge in [0.2, 0.25) is 0 Å². The van der Waals surface area contributed by atoms with Crippen LogP contribution in [-0.2, 0) is 4.74 Å². The standard InChI is InChI=1S/C25H33BN4O2/c1-19-5-6-22-23(16-19)21(18-28-12-14-32-15-13-28)17-20-4-3-7-27-24(20)25(22)29-8-10-30(11-9-29)26(2)31/h3-7,16-17,25,31H,8-15,18H2,1-2H3. The quantitative estimate of drug-likeness (QED) is 0.749. The zero-order chi connectivity index (χ0) is 22.1. The maximum absolute atomic E-state index is 10.0. The van der Waals surface area contributed by atoms with Gasteiger partial charge in [-0.1, -0.05) is 29.8 Å². The van der Waals surface area contributed by atoms with Gasteiger partial charge >= 0.3 is 7.05 Å². The summed E-state index contributed by atoms with van der Waals surface area (Å²) in [4.78, 5) is 12.1. The third kappa shape index (κ3) is 4.41. The molecule has 1 aromatic carbocycles. The molecular weight excluding hydrogens is 399 g/mol. The molecule has 0 radical (unpaired) electrons. The minimum absolute atomic E-state index is 0.122. The molecule has 3 heterocycles. The van der Waals surface area contributed by atoms with Crippen LogP contribution < -0.4 is 0 Å². The first-order valence-electron chi connectivity index (χ1n) is 11.8. The minimum atomic E-state index is -0.395. The molecule has 32 heavy (non-hydrogen) atoms. The van der Waals surface area contributed by atoms with E-state index in [-0.39, 0.29) is 6.04 Å². The molecule has 6 nitrogen and oxygen atoms in total. The van der Waals surface area contributed by atoms with Crippen molar-refractivity contribution in [3.63, 3.8) is 0 Å². The maximum Gasteiger partial charge on any atom is 0.376 e. The molecule has 2 saturated heterocycles. The summed E-state index contributed by atoms with van der Waals surface area (Å²) in [6.07, 6.45) is 4.29. The summed E-state index contributed by atoms with van der Waals surface area (Å²) in [5, 5.41) is 10.0. The van der Waals surface area contributed by atoms with E-state index < -0.39 is 7.05 Å². The zero-order valence-corrected chi connectivity index (χ0v) is 19.2. The van der Waals surface area contributed by atoms with Crippen LogP contribution in [0.5, 0.6) is 0 Å². The van der Waals surface area contributed by atoms with Gasteiger partial charge in [0.1, 0.15) is 0 Å². The number of nitrogens with zero attached hydrogens (tertiary/aromatic N) is 4. The van der Waals surface area contributed by atoms with Gasteiger partial charge in [-0.15, -0.1) is 0 Å². The summed E-state index contributed by atoms with van der Waals surface area (Å²) < 4.78 is 5.58. The average molecular weight is 432 g/mol. The lowest BCUT2D eigenvalue weighted by Gasteiger charge is -2.40. The van der Waals surface area contributed by atoms with Gasteiger partial charge in [-0.2, -0.15) is 0 Å². The molecule has 0 amide bonds. The zero-order valence-electron chi connectivity index (χ0n) is 19.2. The molecule has 2 aliphatic heterocycles. The van der Waals surface area contributed by atoms with Gasteiger partial charge in [-0.05, 0) is 48.2 Å². The normalized spacial score (nSPS) is 22.6. The van der Waals surface area contributed by atoms with Crippen LogP contribution in [0.25, 0.3) is 11.6 Å². The van der Waals surface area contributed by atoms with Gasteiger partial charge in [-0.25, -0.2) is 0 Å². The number of rotatable bonds is 4. The molecule has 0 saturated carbocycles. The summed E-state index contributed by atoms with van der Waals surface area (Å²) in [6.45, 7) is 12.1. The number of pyridine rings is 1. The molecule has 3 aliphatic rings. The van der Waals surface area contributed by atoms with E-state index in [0.29, 0.717) is 0 Å². The summed E-state index contributed by atoms with van der Waals surface area (Å²) in [6, 6.07) is 11.3.